The van der Waals surface area contributed by atoms with Gasteiger partial charge in [0.15, 0.2) is 0 Å². The number of carbonyl (C=O) groups is 2. The zero-order valence-corrected chi connectivity index (χ0v) is 23.2. The number of carbonyl (C=O) groups excluding carboxylic acids is 2. The Bertz CT molecular complexity index is 1810. The van der Waals surface area contributed by atoms with Crippen LogP contribution in [0, 0.1) is 0 Å². The number of halogens is 1. The van der Waals surface area contributed by atoms with Gasteiger partial charge in [0.1, 0.15) is 0 Å². The van der Waals surface area contributed by atoms with Gasteiger partial charge >= 0.3 is 16.2 Å². The molecule has 0 aliphatic rings. The quantitative estimate of drug-likeness (QED) is 0.183. The first kappa shape index (κ1) is 29.8. The third kappa shape index (κ3) is 6.95. The monoisotopic (exact) mass is 600 g/mol. The number of hydrogen-bond donors (Lipinski definition) is 3. The van der Waals surface area contributed by atoms with Crippen LogP contribution in [0.2, 0.25) is 0 Å². The molecule has 41 heavy (non-hydrogen) atoms. The number of aliphatic hydroxyl groups is 1. The third-order valence-electron chi connectivity index (χ3n) is 6.10. The van der Waals surface area contributed by atoms with Crippen LogP contribution in [0.25, 0.3) is 10.8 Å². The van der Waals surface area contributed by atoms with Crippen molar-refractivity contribution < 1.29 is 40.2 Å². The van der Waals surface area contributed by atoms with Crippen LogP contribution in [0.5, 0.6) is 0 Å². The summed E-state index contributed by atoms with van der Waals surface area (Å²) >= 11 is 0. The smallest absolute Gasteiger partial charge is 0.338 e. The van der Waals surface area contributed by atoms with Crippen molar-refractivity contribution in [3.8, 4) is 0 Å². The summed E-state index contributed by atoms with van der Waals surface area (Å²) in [5.74, 6) is -0.913. The van der Waals surface area contributed by atoms with Crippen molar-refractivity contribution in [1.82, 2.24) is 4.72 Å². The molecule has 1 amide bonds. The molecule has 10 nitrogen and oxygen atoms in total. The van der Waals surface area contributed by atoms with Crippen LogP contribution in [0.15, 0.2) is 94.7 Å². The molecule has 4 rings (SSSR count). The van der Waals surface area contributed by atoms with Crippen molar-refractivity contribution in [2.24, 2.45) is 0 Å². The zero-order valence-electron chi connectivity index (χ0n) is 21.6. The fourth-order valence-electron chi connectivity index (χ4n) is 4.09. The molecular weight excluding hydrogens is 575 g/mol. The van der Waals surface area contributed by atoms with E-state index in [4.69, 9.17) is 4.74 Å². The number of sulfonamides is 1. The molecule has 3 N–H and O–H groups in total. The van der Waals surface area contributed by atoms with Crippen LogP contribution in [0.1, 0.15) is 39.3 Å². The highest BCUT2D eigenvalue weighted by molar-refractivity contribution is 7.89. The van der Waals surface area contributed by atoms with E-state index in [1.807, 2.05) is 0 Å². The van der Waals surface area contributed by atoms with Gasteiger partial charge in [0.2, 0.25) is 10.0 Å². The zero-order chi connectivity index (χ0) is 29.8. The van der Waals surface area contributed by atoms with Crippen LogP contribution < -0.4 is 10.0 Å². The fraction of sp³-hybridized carbons (Fsp3) is 0.143. The topological polar surface area (TPSA) is 156 Å². The van der Waals surface area contributed by atoms with E-state index in [0.29, 0.717) is 33.2 Å². The second kappa shape index (κ2) is 12.1. The Morgan fingerprint density at radius 3 is 2.10 bits per heavy atom. The number of aliphatic hydroxyl groups excluding tert-OH is 1. The van der Waals surface area contributed by atoms with E-state index in [0.717, 1.165) is 24.3 Å². The van der Waals surface area contributed by atoms with E-state index < -0.39 is 49.7 Å². The molecule has 0 saturated heterocycles. The Morgan fingerprint density at radius 1 is 0.854 bits per heavy atom. The van der Waals surface area contributed by atoms with Gasteiger partial charge in [-0.05, 0) is 77.9 Å². The Kier molecular flexibility index (Phi) is 8.83. The minimum atomic E-state index is -4.98. The SMILES string of the molecule is CCOC(=O)c1ccc(NC(=O)c2cccc3c(C(O)CNS(=O)(=O)c4ccc(S(=O)(=O)F)cc4)cccc23)cc1. The molecule has 0 heterocycles. The molecule has 0 radical (unpaired) electrons. The Labute approximate surface area is 236 Å². The van der Waals surface area contributed by atoms with Crippen LogP contribution in [-0.2, 0) is 25.0 Å². The number of rotatable bonds is 10. The fourth-order valence-corrected chi connectivity index (χ4v) is 5.59. The maximum Gasteiger partial charge on any atom is 0.338 e. The summed E-state index contributed by atoms with van der Waals surface area (Å²) in [7, 11) is -9.15. The molecule has 13 heteroatoms. The number of amides is 1. The van der Waals surface area contributed by atoms with E-state index in [1.165, 1.54) is 12.1 Å². The normalized spacial score (nSPS) is 12.6. The highest BCUT2D eigenvalue weighted by Gasteiger charge is 2.21. The molecule has 0 fully saturated rings. The van der Waals surface area contributed by atoms with E-state index in [9.17, 15) is 35.4 Å². The number of benzene rings is 4. The van der Waals surface area contributed by atoms with Gasteiger partial charge in [0.05, 0.1) is 28.1 Å². The van der Waals surface area contributed by atoms with Crippen LogP contribution in [-0.4, -0.2) is 47.0 Å². The van der Waals surface area contributed by atoms with Crippen molar-refractivity contribution in [3.05, 3.63) is 102 Å². The van der Waals surface area contributed by atoms with Crippen molar-refractivity contribution in [2.75, 3.05) is 18.5 Å². The predicted octanol–water partition coefficient (Wildman–Crippen LogP) is 3.94. The molecule has 214 valence electrons. The minimum Gasteiger partial charge on any atom is -0.462 e. The number of esters is 1. The van der Waals surface area contributed by atoms with Gasteiger partial charge in [-0.3, -0.25) is 4.79 Å². The largest absolute Gasteiger partial charge is 0.462 e. The average molecular weight is 601 g/mol. The average Bonchev–Trinajstić information content (AvgIpc) is 2.95. The number of hydrogen-bond acceptors (Lipinski definition) is 8. The molecule has 1 unspecified atom stereocenters. The van der Waals surface area contributed by atoms with E-state index in [-0.39, 0.29) is 11.5 Å². The molecule has 1 atom stereocenters. The van der Waals surface area contributed by atoms with E-state index in [2.05, 4.69) is 10.0 Å². The molecule has 0 bridgehead atoms. The van der Waals surface area contributed by atoms with Crippen molar-refractivity contribution >= 4 is 48.6 Å². The molecule has 0 aromatic heterocycles. The van der Waals surface area contributed by atoms with Gasteiger partial charge in [0.25, 0.3) is 5.91 Å². The van der Waals surface area contributed by atoms with Crippen molar-refractivity contribution in [3.63, 3.8) is 0 Å². The lowest BCUT2D eigenvalue weighted by molar-refractivity contribution is 0.0526. The number of ether oxygens (including phenoxy) is 1. The standard InChI is InChI=1S/C28H25FN2O8S2/c1-2-39-28(34)18-9-11-19(12-10-18)31-27(33)25-8-4-5-22-23(25)6-3-7-24(22)26(32)17-30-41(37,38)21-15-13-20(14-16-21)40(29,35)36/h3-16,26,30,32H,2,17H2,1H3,(H,31,33). The van der Waals surface area contributed by atoms with Gasteiger partial charge in [-0.15, -0.1) is 3.89 Å². The first-order valence-electron chi connectivity index (χ1n) is 12.2. The van der Waals surface area contributed by atoms with Crippen LogP contribution in [0.3, 0.4) is 0 Å². The second-order valence-electron chi connectivity index (χ2n) is 8.78. The van der Waals surface area contributed by atoms with Crippen molar-refractivity contribution in [1.29, 1.82) is 0 Å². The van der Waals surface area contributed by atoms with E-state index >= 15 is 0 Å². The lowest BCUT2D eigenvalue weighted by atomic mass is 9.96. The number of fused-ring (bicyclic) bond motifs is 1. The summed E-state index contributed by atoms with van der Waals surface area (Å²) in [5, 5.41) is 14.7. The number of anilines is 1. The lowest BCUT2D eigenvalue weighted by Crippen LogP contribution is -2.28. The Balaban J connectivity index is 1.51. The summed E-state index contributed by atoms with van der Waals surface area (Å²) < 4.78 is 67.6. The molecule has 0 aliphatic carbocycles. The molecule has 0 aliphatic heterocycles. The van der Waals surface area contributed by atoms with Crippen molar-refractivity contribution in [2.45, 2.75) is 22.8 Å². The number of nitrogens with one attached hydrogen (secondary N) is 2. The summed E-state index contributed by atoms with van der Waals surface area (Å²) in [5.41, 5.74) is 1.45. The van der Waals surface area contributed by atoms with Crippen LogP contribution >= 0.6 is 0 Å². The summed E-state index contributed by atoms with van der Waals surface area (Å²) in [4.78, 5) is 24.0. The summed E-state index contributed by atoms with van der Waals surface area (Å²) in [6, 6.07) is 19.6. The van der Waals surface area contributed by atoms with E-state index in [1.54, 1.807) is 55.5 Å². The highest BCUT2D eigenvalue weighted by Crippen LogP contribution is 2.28. The Hall–Kier alpha value is -4.17. The summed E-state index contributed by atoms with van der Waals surface area (Å²) in [6.07, 6.45) is -1.31. The minimum absolute atomic E-state index is 0.241. The summed E-state index contributed by atoms with van der Waals surface area (Å²) in [6.45, 7) is 1.51. The predicted molar refractivity (Wildman–Crippen MR) is 149 cm³/mol. The third-order valence-corrected chi connectivity index (χ3v) is 8.37. The maximum absolute atomic E-state index is 13.1. The van der Waals surface area contributed by atoms with Gasteiger partial charge in [-0.2, -0.15) is 8.42 Å². The van der Waals surface area contributed by atoms with Crippen LogP contribution in [0.4, 0.5) is 9.57 Å². The maximum atomic E-state index is 13.1. The second-order valence-corrected chi connectivity index (χ2v) is 11.9. The first-order valence-corrected chi connectivity index (χ1v) is 15.1. The van der Waals surface area contributed by atoms with Gasteiger partial charge in [-0.25, -0.2) is 17.9 Å². The Morgan fingerprint density at radius 2 is 1.46 bits per heavy atom. The van der Waals surface area contributed by atoms with Gasteiger partial charge < -0.3 is 15.2 Å². The molecule has 0 saturated carbocycles. The van der Waals surface area contributed by atoms with Gasteiger partial charge in [-0.1, -0.05) is 30.3 Å². The lowest BCUT2D eigenvalue weighted by Gasteiger charge is -2.16. The molecule has 4 aromatic carbocycles. The molecule has 0 spiro atoms. The molecular formula is C28H25FN2O8S2. The van der Waals surface area contributed by atoms with Gasteiger partial charge in [0, 0.05) is 17.8 Å². The highest BCUT2D eigenvalue weighted by atomic mass is 32.3. The molecule has 4 aromatic rings. The first-order chi connectivity index (χ1) is 19.4.